The van der Waals surface area contributed by atoms with E-state index in [-0.39, 0.29) is 17.6 Å². The SMILES string of the molecule is CCNC(=O)CN1CCC[C@H](C(=O)c2ccc(-c3ccccc3)cc2)C1. The van der Waals surface area contributed by atoms with Crippen molar-refractivity contribution in [3.8, 4) is 11.1 Å². The number of benzene rings is 2. The lowest BCUT2D eigenvalue weighted by Gasteiger charge is -2.31. The molecule has 1 fully saturated rings. The van der Waals surface area contributed by atoms with Crippen LogP contribution in [0.15, 0.2) is 54.6 Å². The highest BCUT2D eigenvalue weighted by Gasteiger charge is 2.27. The maximum atomic E-state index is 12.9. The van der Waals surface area contributed by atoms with Gasteiger partial charge in [-0.1, -0.05) is 54.6 Å². The normalized spacial score (nSPS) is 17.7. The second-order valence-electron chi connectivity index (χ2n) is 6.84. The van der Waals surface area contributed by atoms with Gasteiger partial charge < -0.3 is 5.32 Å². The fraction of sp³-hybridized carbons (Fsp3) is 0.364. The van der Waals surface area contributed by atoms with E-state index in [1.165, 1.54) is 0 Å². The maximum Gasteiger partial charge on any atom is 0.234 e. The number of piperidine rings is 1. The third kappa shape index (κ3) is 4.58. The van der Waals surface area contributed by atoms with Crippen LogP contribution < -0.4 is 5.32 Å². The molecule has 4 nitrogen and oxygen atoms in total. The zero-order valence-corrected chi connectivity index (χ0v) is 15.3. The number of rotatable bonds is 6. The average molecular weight is 350 g/mol. The van der Waals surface area contributed by atoms with E-state index in [0.29, 0.717) is 19.6 Å². The lowest BCUT2D eigenvalue weighted by molar-refractivity contribution is -0.122. The summed E-state index contributed by atoms with van der Waals surface area (Å²) in [4.78, 5) is 26.8. The summed E-state index contributed by atoms with van der Waals surface area (Å²) < 4.78 is 0. The van der Waals surface area contributed by atoms with Gasteiger partial charge in [0, 0.05) is 24.6 Å². The van der Waals surface area contributed by atoms with Gasteiger partial charge in [0.1, 0.15) is 0 Å². The monoisotopic (exact) mass is 350 g/mol. The smallest absolute Gasteiger partial charge is 0.234 e. The molecular weight excluding hydrogens is 324 g/mol. The molecule has 0 aliphatic carbocycles. The molecule has 0 radical (unpaired) electrons. The van der Waals surface area contributed by atoms with Crippen LogP contribution in [0.4, 0.5) is 0 Å². The standard InChI is InChI=1S/C22H26N2O2/c1-2-23-21(25)16-24-14-6-9-20(15-24)22(26)19-12-10-18(11-13-19)17-7-4-3-5-8-17/h3-5,7-8,10-13,20H,2,6,9,14-16H2,1H3,(H,23,25)/t20-/m0/s1. The van der Waals surface area contributed by atoms with E-state index in [1.807, 2.05) is 49.4 Å². The highest BCUT2D eigenvalue weighted by molar-refractivity contribution is 5.98. The number of nitrogens with one attached hydrogen (secondary N) is 1. The number of ketones is 1. The zero-order valence-electron chi connectivity index (χ0n) is 15.3. The van der Waals surface area contributed by atoms with E-state index in [1.54, 1.807) is 0 Å². The molecule has 136 valence electrons. The van der Waals surface area contributed by atoms with Crippen molar-refractivity contribution >= 4 is 11.7 Å². The van der Waals surface area contributed by atoms with Crippen molar-refractivity contribution in [3.05, 3.63) is 60.2 Å². The average Bonchev–Trinajstić information content (AvgIpc) is 2.68. The Labute approximate surface area is 155 Å². The van der Waals surface area contributed by atoms with E-state index in [9.17, 15) is 9.59 Å². The summed E-state index contributed by atoms with van der Waals surface area (Å²) in [5.41, 5.74) is 3.02. The van der Waals surface area contributed by atoms with Crippen LogP contribution in [0.3, 0.4) is 0 Å². The van der Waals surface area contributed by atoms with Crippen molar-refractivity contribution in [3.63, 3.8) is 0 Å². The Morgan fingerprint density at radius 2 is 1.73 bits per heavy atom. The van der Waals surface area contributed by atoms with Gasteiger partial charge in [-0.2, -0.15) is 0 Å². The Hall–Kier alpha value is -2.46. The van der Waals surface area contributed by atoms with Crippen molar-refractivity contribution in [1.29, 1.82) is 0 Å². The summed E-state index contributed by atoms with van der Waals surface area (Å²) in [6.45, 7) is 4.48. The van der Waals surface area contributed by atoms with Crippen LogP contribution in [-0.4, -0.2) is 42.8 Å². The highest BCUT2D eigenvalue weighted by Crippen LogP contribution is 2.24. The molecule has 0 bridgehead atoms. The number of likely N-dealkylation sites (N-methyl/N-ethyl adjacent to an activating group) is 1. The Bertz CT molecular complexity index is 740. The van der Waals surface area contributed by atoms with Gasteiger partial charge in [0.15, 0.2) is 5.78 Å². The Balaban J connectivity index is 1.64. The summed E-state index contributed by atoms with van der Waals surface area (Å²) in [7, 11) is 0. The first-order chi connectivity index (χ1) is 12.7. The van der Waals surface area contributed by atoms with Crippen LogP contribution >= 0.6 is 0 Å². The quantitative estimate of drug-likeness (QED) is 0.813. The van der Waals surface area contributed by atoms with Crippen molar-refractivity contribution in [1.82, 2.24) is 10.2 Å². The molecule has 0 aromatic heterocycles. The van der Waals surface area contributed by atoms with Gasteiger partial charge >= 0.3 is 0 Å². The molecule has 1 heterocycles. The lowest BCUT2D eigenvalue weighted by Crippen LogP contribution is -2.44. The molecule has 2 aromatic carbocycles. The highest BCUT2D eigenvalue weighted by atomic mass is 16.2. The molecule has 1 aliphatic rings. The summed E-state index contributed by atoms with van der Waals surface area (Å²) in [6.07, 6.45) is 1.85. The number of Topliss-reactive ketones (excluding diaryl/α,β-unsaturated/α-hetero) is 1. The fourth-order valence-corrected chi connectivity index (χ4v) is 3.56. The molecular formula is C22H26N2O2. The summed E-state index contributed by atoms with van der Waals surface area (Å²) in [5, 5.41) is 2.82. The van der Waals surface area contributed by atoms with E-state index in [0.717, 1.165) is 36.1 Å². The number of nitrogens with zero attached hydrogens (tertiary/aromatic N) is 1. The second kappa shape index (κ2) is 8.77. The first kappa shape index (κ1) is 18.3. The molecule has 1 saturated heterocycles. The Kier molecular flexibility index (Phi) is 6.18. The number of carbonyl (C=O) groups excluding carboxylic acids is 2. The Morgan fingerprint density at radius 1 is 1.04 bits per heavy atom. The van der Waals surface area contributed by atoms with Crippen molar-refractivity contribution < 1.29 is 9.59 Å². The van der Waals surface area contributed by atoms with Crippen LogP contribution in [0.1, 0.15) is 30.1 Å². The van der Waals surface area contributed by atoms with E-state index < -0.39 is 0 Å². The van der Waals surface area contributed by atoms with Crippen molar-refractivity contribution in [2.24, 2.45) is 5.92 Å². The Morgan fingerprint density at radius 3 is 2.42 bits per heavy atom. The third-order valence-corrected chi connectivity index (χ3v) is 4.89. The fourth-order valence-electron chi connectivity index (χ4n) is 3.56. The minimum atomic E-state index is -0.0271. The molecule has 2 aromatic rings. The minimum absolute atomic E-state index is 0.0271. The topological polar surface area (TPSA) is 49.4 Å². The predicted molar refractivity (Wildman–Crippen MR) is 104 cm³/mol. The minimum Gasteiger partial charge on any atom is -0.355 e. The van der Waals surface area contributed by atoms with Crippen LogP contribution in [0.2, 0.25) is 0 Å². The number of likely N-dealkylation sites (tertiary alicyclic amines) is 1. The molecule has 1 aliphatic heterocycles. The third-order valence-electron chi connectivity index (χ3n) is 4.89. The van der Waals surface area contributed by atoms with Gasteiger partial charge in [-0.3, -0.25) is 14.5 Å². The summed E-state index contributed by atoms with van der Waals surface area (Å²) in [5.74, 6) is 0.193. The maximum absolute atomic E-state index is 12.9. The van der Waals surface area contributed by atoms with Gasteiger partial charge in [-0.15, -0.1) is 0 Å². The van der Waals surface area contributed by atoms with Gasteiger partial charge in [0.05, 0.1) is 6.54 Å². The number of amides is 1. The summed E-state index contributed by atoms with van der Waals surface area (Å²) >= 11 is 0. The molecule has 26 heavy (non-hydrogen) atoms. The van der Waals surface area contributed by atoms with Gasteiger partial charge in [0.2, 0.25) is 5.91 Å². The van der Waals surface area contributed by atoms with Crippen LogP contribution in [0, 0.1) is 5.92 Å². The molecule has 4 heteroatoms. The first-order valence-electron chi connectivity index (χ1n) is 9.36. The van der Waals surface area contributed by atoms with E-state index >= 15 is 0 Å². The van der Waals surface area contributed by atoms with Crippen LogP contribution in [-0.2, 0) is 4.79 Å². The molecule has 1 N–H and O–H groups in total. The lowest BCUT2D eigenvalue weighted by atomic mass is 9.89. The van der Waals surface area contributed by atoms with Crippen LogP contribution in [0.5, 0.6) is 0 Å². The number of hydrogen-bond donors (Lipinski definition) is 1. The van der Waals surface area contributed by atoms with Crippen molar-refractivity contribution in [2.75, 3.05) is 26.2 Å². The molecule has 0 unspecified atom stereocenters. The predicted octanol–water partition coefficient (Wildman–Crippen LogP) is 3.38. The van der Waals surface area contributed by atoms with E-state index in [2.05, 4.69) is 22.3 Å². The second-order valence-corrected chi connectivity index (χ2v) is 6.84. The van der Waals surface area contributed by atoms with Crippen molar-refractivity contribution in [2.45, 2.75) is 19.8 Å². The number of hydrogen-bond acceptors (Lipinski definition) is 3. The van der Waals surface area contributed by atoms with Gasteiger partial charge in [-0.05, 0) is 37.4 Å². The van der Waals surface area contributed by atoms with Crippen LogP contribution in [0.25, 0.3) is 11.1 Å². The van der Waals surface area contributed by atoms with Gasteiger partial charge in [-0.25, -0.2) is 0 Å². The largest absolute Gasteiger partial charge is 0.355 e. The molecule has 1 amide bonds. The zero-order chi connectivity index (χ0) is 18.4. The first-order valence-corrected chi connectivity index (χ1v) is 9.36. The molecule has 3 rings (SSSR count). The molecule has 0 spiro atoms. The summed E-state index contributed by atoms with van der Waals surface area (Å²) in [6, 6.07) is 18.0. The molecule has 0 saturated carbocycles. The van der Waals surface area contributed by atoms with E-state index in [4.69, 9.17) is 0 Å². The number of carbonyl (C=O) groups is 2. The molecule has 1 atom stereocenters. The van der Waals surface area contributed by atoms with Gasteiger partial charge in [0.25, 0.3) is 0 Å².